The highest BCUT2D eigenvalue weighted by molar-refractivity contribution is 6.13. The summed E-state index contributed by atoms with van der Waals surface area (Å²) < 4.78 is 4.81. The molecule has 330 valence electrons. The van der Waals surface area contributed by atoms with Crippen molar-refractivity contribution in [1.82, 2.24) is 9.13 Å². The molecule has 0 saturated carbocycles. The van der Waals surface area contributed by atoms with Crippen LogP contribution in [0, 0.1) is 0 Å². The second-order valence-corrected chi connectivity index (χ2v) is 17.8. The summed E-state index contributed by atoms with van der Waals surface area (Å²) in [6.07, 6.45) is 0. The zero-order valence-electron chi connectivity index (χ0n) is 38.3. The molecule has 0 N–H and O–H groups in total. The Balaban J connectivity index is 1.01. The van der Waals surface area contributed by atoms with E-state index in [1.165, 1.54) is 54.8 Å². The molecule has 0 fully saturated rings. The number of rotatable bonds is 10. The van der Waals surface area contributed by atoms with Crippen molar-refractivity contribution < 1.29 is 0 Å². The van der Waals surface area contributed by atoms with E-state index in [9.17, 15) is 0 Å². The molecule has 0 aliphatic carbocycles. The van der Waals surface area contributed by atoms with Gasteiger partial charge in [0.15, 0.2) is 0 Å². The molecule has 4 heteroatoms. The van der Waals surface area contributed by atoms with Gasteiger partial charge < -0.3 is 18.9 Å². The largest absolute Gasteiger partial charge is 0.310 e. The summed E-state index contributed by atoms with van der Waals surface area (Å²) in [6, 6.07) is 101. The van der Waals surface area contributed by atoms with Crippen molar-refractivity contribution in [3.8, 4) is 33.6 Å². The predicted octanol–water partition coefficient (Wildman–Crippen LogP) is 18.2. The number of benzene rings is 11. The number of hydrogen-bond donors (Lipinski definition) is 0. The average molecular weight is 895 g/mol. The lowest BCUT2D eigenvalue weighted by Crippen LogP contribution is -2.13. The van der Waals surface area contributed by atoms with Crippen LogP contribution in [0.25, 0.3) is 77.2 Å². The molecular formula is C66H46N4. The van der Waals surface area contributed by atoms with Crippen molar-refractivity contribution in [2.45, 2.75) is 0 Å². The van der Waals surface area contributed by atoms with Gasteiger partial charge in [-0.25, -0.2) is 0 Å². The summed E-state index contributed by atoms with van der Waals surface area (Å²) in [5, 5.41) is 4.86. The van der Waals surface area contributed by atoms with Crippen LogP contribution in [0.2, 0.25) is 0 Å². The Bertz CT molecular complexity index is 3930. The smallest absolute Gasteiger partial charge is 0.0547 e. The highest BCUT2D eigenvalue weighted by Crippen LogP contribution is 2.44. The lowest BCUT2D eigenvalue weighted by Gasteiger charge is -2.29. The van der Waals surface area contributed by atoms with Crippen LogP contribution in [0.1, 0.15) is 0 Å². The molecule has 13 rings (SSSR count). The molecule has 4 nitrogen and oxygen atoms in total. The summed E-state index contributed by atoms with van der Waals surface area (Å²) in [5.74, 6) is 0. The van der Waals surface area contributed by atoms with Crippen LogP contribution < -0.4 is 9.80 Å². The Morgan fingerprint density at radius 3 is 1.23 bits per heavy atom. The minimum Gasteiger partial charge on any atom is -0.310 e. The Kier molecular flexibility index (Phi) is 10.1. The molecule has 0 atom stereocenters. The first-order valence-electron chi connectivity index (χ1n) is 23.9. The Hall–Kier alpha value is -9.38. The third-order valence-corrected chi connectivity index (χ3v) is 13.7. The van der Waals surface area contributed by atoms with Crippen LogP contribution in [0.4, 0.5) is 34.1 Å². The van der Waals surface area contributed by atoms with Gasteiger partial charge in [-0.2, -0.15) is 0 Å². The number of fused-ring (bicyclic) bond motifs is 6. The van der Waals surface area contributed by atoms with Gasteiger partial charge in [-0.05, 0) is 144 Å². The normalized spacial score (nSPS) is 11.4. The maximum atomic E-state index is 2.41. The van der Waals surface area contributed by atoms with Gasteiger partial charge in [0, 0.05) is 67.0 Å². The van der Waals surface area contributed by atoms with Gasteiger partial charge in [0.1, 0.15) is 0 Å². The van der Waals surface area contributed by atoms with E-state index in [-0.39, 0.29) is 0 Å². The molecule has 13 aromatic rings. The molecule has 0 aliphatic rings. The maximum Gasteiger partial charge on any atom is 0.0547 e. The number of hydrogen-bond acceptors (Lipinski definition) is 2. The molecule has 0 bridgehead atoms. The van der Waals surface area contributed by atoms with E-state index in [4.69, 9.17) is 0 Å². The van der Waals surface area contributed by atoms with Crippen molar-refractivity contribution >= 4 is 77.7 Å². The quantitative estimate of drug-likeness (QED) is 0.136. The number of anilines is 6. The van der Waals surface area contributed by atoms with Gasteiger partial charge in [0.05, 0.1) is 22.1 Å². The van der Waals surface area contributed by atoms with Crippen LogP contribution >= 0.6 is 0 Å². The summed E-state index contributed by atoms with van der Waals surface area (Å²) >= 11 is 0. The third kappa shape index (κ3) is 7.18. The van der Waals surface area contributed by atoms with Crippen molar-refractivity contribution in [3.05, 3.63) is 279 Å². The van der Waals surface area contributed by atoms with Gasteiger partial charge in [0.25, 0.3) is 0 Å². The zero-order valence-corrected chi connectivity index (χ0v) is 38.3. The molecule has 0 amide bonds. The van der Waals surface area contributed by atoms with Gasteiger partial charge in [-0.1, -0.05) is 158 Å². The summed E-state index contributed by atoms with van der Waals surface area (Å²) in [7, 11) is 0. The van der Waals surface area contributed by atoms with Crippen LogP contribution in [0.15, 0.2) is 279 Å². The lowest BCUT2D eigenvalue weighted by atomic mass is 10.0. The molecule has 0 aliphatic heterocycles. The van der Waals surface area contributed by atoms with Crippen LogP contribution in [0.3, 0.4) is 0 Å². The fourth-order valence-electron chi connectivity index (χ4n) is 10.4. The minimum absolute atomic E-state index is 1.05. The highest BCUT2D eigenvalue weighted by atomic mass is 15.2. The van der Waals surface area contributed by atoms with E-state index in [2.05, 4.69) is 298 Å². The minimum atomic E-state index is 1.05. The molecule has 0 spiro atoms. The van der Waals surface area contributed by atoms with Crippen LogP contribution in [0.5, 0.6) is 0 Å². The van der Waals surface area contributed by atoms with E-state index >= 15 is 0 Å². The predicted molar refractivity (Wildman–Crippen MR) is 295 cm³/mol. The molecular weight excluding hydrogens is 849 g/mol. The summed E-state index contributed by atoms with van der Waals surface area (Å²) in [6.45, 7) is 0. The first-order chi connectivity index (χ1) is 34.7. The summed E-state index contributed by atoms with van der Waals surface area (Å²) in [4.78, 5) is 4.73. The lowest BCUT2D eigenvalue weighted by molar-refractivity contribution is 1.18. The van der Waals surface area contributed by atoms with Crippen LogP contribution in [-0.2, 0) is 0 Å². The topological polar surface area (TPSA) is 16.3 Å². The van der Waals surface area contributed by atoms with Crippen molar-refractivity contribution in [1.29, 1.82) is 0 Å². The number of aromatic nitrogens is 2. The van der Waals surface area contributed by atoms with Crippen molar-refractivity contribution in [2.24, 2.45) is 0 Å². The molecule has 11 aromatic carbocycles. The third-order valence-electron chi connectivity index (χ3n) is 13.7. The SMILES string of the molecule is c1ccc(-c2ccc(N(c3cccc(N(c4ccccc4)c4ccccc4)c3)c3ccc4c(c3)c3cc(-c5ccc6c7ccccc7n(-c7ccccc7)c6c5)ccc3n4-c3ccccc3)cc2)cc1. The van der Waals surface area contributed by atoms with Gasteiger partial charge >= 0.3 is 0 Å². The molecule has 2 aromatic heterocycles. The van der Waals surface area contributed by atoms with E-state index in [0.717, 1.165) is 56.5 Å². The Morgan fingerprint density at radius 2 is 0.586 bits per heavy atom. The second kappa shape index (κ2) is 17.4. The van der Waals surface area contributed by atoms with Gasteiger partial charge in [0.2, 0.25) is 0 Å². The second-order valence-electron chi connectivity index (χ2n) is 17.8. The Labute approximate surface area is 407 Å². The van der Waals surface area contributed by atoms with E-state index in [1.807, 2.05) is 0 Å². The first-order valence-corrected chi connectivity index (χ1v) is 23.9. The standard InChI is InChI=1S/C66H46N4/c1-6-19-47(20-7-1)48-33-37-55(38-34-48)68(57-30-18-29-56(45-57)67(51-21-8-2-9-22-51)52-23-10-3-11-24-52)58-39-42-65-62(46-58)61-43-49(36-41-64(61)69(65)53-25-12-4-13-26-53)50-35-40-60-59-31-16-17-32-63(59)70(66(60)44-50)54-27-14-5-15-28-54/h1-46H. The number of para-hydroxylation sites is 5. The monoisotopic (exact) mass is 894 g/mol. The van der Waals surface area contributed by atoms with Crippen LogP contribution in [-0.4, -0.2) is 9.13 Å². The molecule has 2 heterocycles. The average Bonchev–Trinajstić information content (AvgIpc) is 3.94. The van der Waals surface area contributed by atoms with E-state index < -0.39 is 0 Å². The number of nitrogens with zero attached hydrogens (tertiary/aromatic N) is 4. The molecule has 0 radical (unpaired) electrons. The highest BCUT2D eigenvalue weighted by Gasteiger charge is 2.21. The maximum absolute atomic E-state index is 2.41. The van der Waals surface area contributed by atoms with E-state index in [0.29, 0.717) is 0 Å². The van der Waals surface area contributed by atoms with Crippen molar-refractivity contribution in [2.75, 3.05) is 9.80 Å². The zero-order chi connectivity index (χ0) is 46.4. The Morgan fingerprint density at radius 1 is 0.200 bits per heavy atom. The molecule has 0 saturated heterocycles. The van der Waals surface area contributed by atoms with E-state index in [1.54, 1.807) is 0 Å². The van der Waals surface area contributed by atoms with Gasteiger partial charge in [-0.15, -0.1) is 0 Å². The fraction of sp³-hybridized carbons (Fsp3) is 0. The molecule has 0 unspecified atom stereocenters. The summed E-state index contributed by atoms with van der Waals surface area (Å²) in [5.41, 5.74) is 18.1. The van der Waals surface area contributed by atoms with Crippen molar-refractivity contribution in [3.63, 3.8) is 0 Å². The molecule has 70 heavy (non-hydrogen) atoms. The first kappa shape index (κ1) is 40.9. The fourth-order valence-corrected chi connectivity index (χ4v) is 10.4. The van der Waals surface area contributed by atoms with Gasteiger partial charge in [-0.3, -0.25) is 0 Å².